The number of hydrogen-bond donors (Lipinski definition) is 0. The quantitative estimate of drug-likeness (QED) is 0.822. The van der Waals surface area contributed by atoms with E-state index in [2.05, 4.69) is 0 Å². The monoisotopic (exact) mass is 347 g/mol. The summed E-state index contributed by atoms with van der Waals surface area (Å²) in [4.78, 5) is 30.1. The standard InChI is InChI=1S/C19H29N3O3/c1-19(2,3)25-18(24)21-13-11-16(12-14-21)22(17(23)20(4)5)15-9-7-6-8-10-15/h6-10,16H,11-14H2,1-5H3. The highest BCUT2D eigenvalue weighted by Crippen LogP contribution is 2.25. The number of hydrogen-bond acceptors (Lipinski definition) is 3. The smallest absolute Gasteiger partial charge is 0.410 e. The second kappa shape index (κ2) is 7.76. The molecule has 0 saturated carbocycles. The number of ether oxygens (including phenoxy) is 1. The average molecular weight is 347 g/mol. The lowest BCUT2D eigenvalue weighted by Gasteiger charge is -2.39. The lowest BCUT2D eigenvalue weighted by Crippen LogP contribution is -2.52. The van der Waals surface area contributed by atoms with Crippen LogP contribution >= 0.6 is 0 Å². The molecule has 1 aliphatic rings. The fourth-order valence-electron chi connectivity index (χ4n) is 2.91. The first-order valence-electron chi connectivity index (χ1n) is 8.72. The molecule has 0 N–H and O–H groups in total. The summed E-state index contributed by atoms with van der Waals surface area (Å²) in [5, 5.41) is 0. The molecular weight excluding hydrogens is 318 g/mol. The van der Waals surface area contributed by atoms with Gasteiger partial charge in [-0.1, -0.05) is 18.2 Å². The molecule has 2 rings (SSSR count). The molecule has 0 spiro atoms. The zero-order chi connectivity index (χ0) is 18.6. The number of carbonyl (C=O) groups excluding carboxylic acids is 2. The predicted octanol–water partition coefficient (Wildman–Crippen LogP) is 3.57. The maximum Gasteiger partial charge on any atom is 0.410 e. The summed E-state index contributed by atoms with van der Waals surface area (Å²) in [5.41, 5.74) is 0.391. The topological polar surface area (TPSA) is 53.1 Å². The van der Waals surface area contributed by atoms with Gasteiger partial charge in [-0.3, -0.25) is 4.90 Å². The Morgan fingerprint density at radius 1 is 1.08 bits per heavy atom. The number of benzene rings is 1. The highest BCUT2D eigenvalue weighted by molar-refractivity contribution is 5.92. The fourth-order valence-corrected chi connectivity index (χ4v) is 2.91. The van der Waals surface area contributed by atoms with Crippen molar-refractivity contribution in [2.45, 2.75) is 45.3 Å². The molecule has 0 bridgehead atoms. The van der Waals surface area contributed by atoms with Crippen LogP contribution in [0.5, 0.6) is 0 Å². The highest BCUT2D eigenvalue weighted by atomic mass is 16.6. The van der Waals surface area contributed by atoms with Gasteiger partial charge in [0.05, 0.1) is 0 Å². The zero-order valence-corrected chi connectivity index (χ0v) is 15.9. The third kappa shape index (κ3) is 5.11. The molecule has 0 unspecified atom stereocenters. The Kier molecular flexibility index (Phi) is 5.93. The van der Waals surface area contributed by atoms with Crippen LogP contribution in [0, 0.1) is 0 Å². The van der Waals surface area contributed by atoms with Crippen LogP contribution in [0.25, 0.3) is 0 Å². The van der Waals surface area contributed by atoms with E-state index in [0.29, 0.717) is 13.1 Å². The Hall–Kier alpha value is -2.24. The van der Waals surface area contributed by atoms with Crippen molar-refractivity contribution in [2.75, 3.05) is 32.1 Å². The third-order valence-corrected chi connectivity index (χ3v) is 4.10. The van der Waals surface area contributed by atoms with Gasteiger partial charge in [-0.25, -0.2) is 9.59 Å². The minimum Gasteiger partial charge on any atom is -0.444 e. The molecule has 0 aromatic heterocycles. The number of likely N-dealkylation sites (tertiary alicyclic amines) is 1. The molecule has 3 amide bonds. The lowest BCUT2D eigenvalue weighted by atomic mass is 10.0. The van der Waals surface area contributed by atoms with E-state index >= 15 is 0 Å². The Bertz CT molecular complexity index is 588. The van der Waals surface area contributed by atoms with E-state index in [1.807, 2.05) is 56.0 Å². The van der Waals surface area contributed by atoms with Gasteiger partial charge in [-0.2, -0.15) is 0 Å². The number of urea groups is 1. The van der Waals surface area contributed by atoms with Crippen LogP contribution in [0.4, 0.5) is 15.3 Å². The summed E-state index contributed by atoms with van der Waals surface area (Å²) in [6, 6.07) is 9.72. The van der Waals surface area contributed by atoms with E-state index in [1.165, 1.54) is 0 Å². The van der Waals surface area contributed by atoms with E-state index < -0.39 is 5.60 Å². The van der Waals surface area contributed by atoms with Crippen LogP contribution in [0.15, 0.2) is 30.3 Å². The molecule has 0 radical (unpaired) electrons. The molecule has 0 aliphatic carbocycles. The normalized spacial score (nSPS) is 15.6. The number of amides is 3. The minimum atomic E-state index is -0.495. The van der Waals surface area contributed by atoms with Crippen molar-refractivity contribution in [3.8, 4) is 0 Å². The van der Waals surface area contributed by atoms with Crippen molar-refractivity contribution in [3.05, 3.63) is 30.3 Å². The van der Waals surface area contributed by atoms with Gasteiger partial charge in [0.2, 0.25) is 0 Å². The van der Waals surface area contributed by atoms with Gasteiger partial charge in [0.1, 0.15) is 5.60 Å². The summed E-state index contributed by atoms with van der Waals surface area (Å²) in [7, 11) is 3.52. The molecule has 1 saturated heterocycles. The van der Waals surface area contributed by atoms with Gasteiger partial charge in [-0.15, -0.1) is 0 Å². The number of para-hydroxylation sites is 1. The van der Waals surface area contributed by atoms with E-state index in [-0.39, 0.29) is 18.2 Å². The Balaban J connectivity index is 2.07. The van der Waals surface area contributed by atoms with Gasteiger partial charge >= 0.3 is 12.1 Å². The third-order valence-electron chi connectivity index (χ3n) is 4.10. The van der Waals surface area contributed by atoms with Gasteiger partial charge in [0, 0.05) is 38.9 Å². The van der Waals surface area contributed by atoms with Gasteiger partial charge in [-0.05, 0) is 45.7 Å². The lowest BCUT2D eigenvalue weighted by molar-refractivity contribution is 0.0206. The van der Waals surface area contributed by atoms with Crippen LogP contribution < -0.4 is 4.90 Å². The molecule has 1 aliphatic heterocycles. The summed E-state index contributed by atoms with van der Waals surface area (Å²) in [6.07, 6.45) is 1.18. The van der Waals surface area contributed by atoms with Crippen LogP contribution in [0.2, 0.25) is 0 Å². The highest BCUT2D eigenvalue weighted by Gasteiger charge is 2.32. The number of carbonyl (C=O) groups is 2. The second-order valence-corrected chi connectivity index (χ2v) is 7.58. The van der Waals surface area contributed by atoms with Crippen molar-refractivity contribution in [1.82, 2.24) is 9.80 Å². The molecule has 1 heterocycles. The Morgan fingerprint density at radius 3 is 2.12 bits per heavy atom. The van der Waals surface area contributed by atoms with Crippen LogP contribution in [0.1, 0.15) is 33.6 Å². The summed E-state index contributed by atoms with van der Waals surface area (Å²) in [5.74, 6) is 0. The fraction of sp³-hybridized carbons (Fsp3) is 0.579. The van der Waals surface area contributed by atoms with Crippen LogP contribution in [-0.4, -0.2) is 60.8 Å². The van der Waals surface area contributed by atoms with Crippen LogP contribution in [-0.2, 0) is 4.74 Å². The first kappa shape index (κ1) is 19.1. The minimum absolute atomic E-state index is 0.0399. The molecule has 138 valence electrons. The Morgan fingerprint density at radius 2 is 1.64 bits per heavy atom. The van der Waals surface area contributed by atoms with Crippen molar-refractivity contribution in [2.24, 2.45) is 0 Å². The first-order valence-corrected chi connectivity index (χ1v) is 8.72. The zero-order valence-electron chi connectivity index (χ0n) is 15.9. The summed E-state index contributed by atoms with van der Waals surface area (Å²) < 4.78 is 5.44. The second-order valence-electron chi connectivity index (χ2n) is 7.58. The maximum absolute atomic E-state index is 12.7. The summed E-state index contributed by atoms with van der Waals surface area (Å²) >= 11 is 0. The molecular formula is C19H29N3O3. The largest absolute Gasteiger partial charge is 0.444 e. The van der Waals surface area contributed by atoms with E-state index in [4.69, 9.17) is 4.74 Å². The average Bonchev–Trinajstić information content (AvgIpc) is 2.55. The van der Waals surface area contributed by atoms with Crippen molar-refractivity contribution >= 4 is 17.8 Å². The molecule has 6 heteroatoms. The molecule has 1 aromatic carbocycles. The van der Waals surface area contributed by atoms with Gasteiger partial charge < -0.3 is 14.5 Å². The molecule has 6 nitrogen and oxygen atoms in total. The van der Waals surface area contributed by atoms with Gasteiger partial charge in [0.15, 0.2) is 0 Å². The van der Waals surface area contributed by atoms with Crippen LogP contribution in [0.3, 0.4) is 0 Å². The van der Waals surface area contributed by atoms with Gasteiger partial charge in [0.25, 0.3) is 0 Å². The maximum atomic E-state index is 12.7. The molecule has 1 aromatic rings. The number of anilines is 1. The SMILES string of the molecule is CN(C)C(=O)N(c1ccccc1)C1CCN(C(=O)OC(C)(C)C)CC1. The van der Waals surface area contributed by atoms with E-state index in [0.717, 1.165) is 18.5 Å². The number of rotatable bonds is 2. The van der Waals surface area contributed by atoms with Crippen molar-refractivity contribution < 1.29 is 14.3 Å². The predicted molar refractivity (Wildman–Crippen MR) is 98.8 cm³/mol. The van der Waals surface area contributed by atoms with Crippen molar-refractivity contribution in [1.29, 1.82) is 0 Å². The molecule has 1 fully saturated rings. The van der Waals surface area contributed by atoms with E-state index in [1.54, 1.807) is 23.9 Å². The van der Waals surface area contributed by atoms with E-state index in [9.17, 15) is 9.59 Å². The first-order chi connectivity index (χ1) is 11.7. The van der Waals surface area contributed by atoms with Crippen molar-refractivity contribution in [3.63, 3.8) is 0 Å². The number of piperidine rings is 1. The molecule has 0 atom stereocenters. The summed E-state index contributed by atoms with van der Waals surface area (Å²) in [6.45, 7) is 6.77. The molecule has 25 heavy (non-hydrogen) atoms. The Labute approximate surface area is 150 Å². The number of nitrogens with zero attached hydrogens (tertiary/aromatic N) is 3.